The number of aliphatic imine (C=N–C) groups is 3. The number of benzene rings is 3. The highest BCUT2D eigenvalue weighted by molar-refractivity contribution is 5.80. The van der Waals surface area contributed by atoms with Crippen LogP contribution < -0.4 is 0 Å². The second kappa shape index (κ2) is 14.6. The van der Waals surface area contributed by atoms with Gasteiger partial charge in [-0.2, -0.15) is 0 Å². The summed E-state index contributed by atoms with van der Waals surface area (Å²) in [4.78, 5) is 11.7. The molecule has 3 heteroatoms. The van der Waals surface area contributed by atoms with Crippen molar-refractivity contribution in [1.29, 1.82) is 0 Å². The van der Waals surface area contributed by atoms with Crippen molar-refractivity contribution in [1.82, 2.24) is 0 Å². The van der Waals surface area contributed by atoms with Crippen LogP contribution in [0.25, 0.3) is 0 Å². The Morgan fingerprint density at radius 1 is 0.400 bits per heavy atom. The third-order valence-corrected chi connectivity index (χ3v) is 4.07. The van der Waals surface area contributed by atoms with Crippen molar-refractivity contribution >= 4 is 18.6 Å². The Balaban J connectivity index is 0.000000225. The molecule has 3 rings (SSSR count). The van der Waals surface area contributed by atoms with Gasteiger partial charge in [0.05, 0.1) is 0 Å². The Morgan fingerprint density at radius 3 is 0.767 bits per heavy atom. The van der Waals surface area contributed by atoms with Crippen LogP contribution in [0.1, 0.15) is 33.4 Å². The van der Waals surface area contributed by atoms with Gasteiger partial charge in [0.15, 0.2) is 0 Å². The monoisotopic (exact) mass is 399 g/mol. The molecule has 0 bridgehead atoms. The van der Waals surface area contributed by atoms with Crippen LogP contribution in [0.4, 0.5) is 0 Å². The minimum atomic E-state index is 1.16. The molecule has 0 spiro atoms. The molecule has 0 unspecified atom stereocenters. The van der Waals surface area contributed by atoms with Crippen molar-refractivity contribution in [3.63, 3.8) is 0 Å². The third kappa shape index (κ3) is 10.9. The summed E-state index contributed by atoms with van der Waals surface area (Å²) < 4.78 is 0. The molecule has 0 aliphatic carbocycles. The number of rotatable bonds is 3. The van der Waals surface area contributed by atoms with E-state index in [1.807, 2.05) is 18.6 Å². The zero-order chi connectivity index (χ0) is 22.2. The van der Waals surface area contributed by atoms with Crippen LogP contribution in [-0.4, -0.2) is 39.8 Å². The molecule has 3 aromatic rings. The van der Waals surface area contributed by atoms with Gasteiger partial charge in [-0.15, -0.1) is 0 Å². The molecular weight excluding hydrogens is 366 g/mol. The number of hydrogen-bond acceptors (Lipinski definition) is 3. The summed E-state index contributed by atoms with van der Waals surface area (Å²) in [5.74, 6) is 0. The molecule has 0 heterocycles. The molecular formula is C27H33N3. The fraction of sp³-hybridized carbons (Fsp3) is 0.222. The van der Waals surface area contributed by atoms with Crippen molar-refractivity contribution in [2.75, 3.05) is 21.1 Å². The first kappa shape index (κ1) is 24.7. The number of hydrogen-bond donors (Lipinski definition) is 0. The van der Waals surface area contributed by atoms with E-state index in [4.69, 9.17) is 0 Å². The summed E-state index contributed by atoms with van der Waals surface area (Å²) in [5, 5.41) is 0. The minimum Gasteiger partial charge on any atom is -0.296 e. The van der Waals surface area contributed by atoms with Gasteiger partial charge in [0.2, 0.25) is 0 Å². The van der Waals surface area contributed by atoms with Crippen LogP contribution in [0.2, 0.25) is 0 Å². The van der Waals surface area contributed by atoms with Gasteiger partial charge in [-0.3, -0.25) is 15.0 Å². The van der Waals surface area contributed by atoms with Crippen LogP contribution in [0.15, 0.2) is 87.8 Å². The molecule has 0 aliphatic rings. The first-order chi connectivity index (χ1) is 14.5. The lowest BCUT2D eigenvalue weighted by Gasteiger charge is -1.91. The summed E-state index contributed by atoms with van der Waals surface area (Å²) in [6.07, 6.45) is 5.54. The molecule has 0 atom stereocenters. The van der Waals surface area contributed by atoms with Crippen molar-refractivity contribution in [2.24, 2.45) is 15.0 Å². The molecule has 0 amide bonds. The molecule has 3 nitrogen and oxygen atoms in total. The molecule has 156 valence electrons. The lowest BCUT2D eigenvalue weighted by Crippen LogP contribution is -1.79. The molecule has 0 N–H and O–H groups in total. The topological polar surface area (TPSA) is 37.1 Å². The van der Waals surface area contributed by atoms with Gasteiger partial charge < -0.3 is 0 Å². The van der Waals surface area contributed by atoms with Crippen LogP contribution in [-0.2, 0) is 0 Å². The Hall–Kier alpha value is -3.33. The molecule has 0 radical (unpaired) electrons. The van der Waals surface area contributed by atoms with E-state index in [1.165, 1.54) is 16.7 Å². The van der Waals surface area contributed by atoms with E-state index in [0.717, 1.165) is 16.7 Å². The second-order valence-electron chi connectivity index (χ2n) is 6.89. The van der Waals surface area contributed by atoms with Gasteiger partial charge in [-0.25, -0.2) is 0 Å². The lowest BCUT2D eigenvalue weighted by atomic mass is 10.2. The highest BCUT2D eigenvalue weighted by Crippen LogP contribution is 2.01. The van der Waals surface area contributed by atoms with E-state index in [2.05, 4.69) is 109 Å². The predicted octanol–water partition coefficient (Wildman–Crippen LogP) is 6.13. The molecule has 0 saturated heterocycles. The van der Waals surface area contributed by atoms with Gasteiger partial charge in [0.25, 0.3) is 0 Å². The third-order valence-electron chi connectivity index (χ3n) is 4.07. The van der Waals surface area contributed by atoms with Crippen LogP contribution in [0, 0.1) is 20.8 Å². The summed E-state index contributed by atoms with van der Waals surface area (Å²) >= 11 is 0. The molecule has 0 aliphatic heterocycles. The SMILES string of the molecule is CN=Cc1ccc(C)cc1.CN=Cc1ccc(C)cc1.CN=Cc1ccc(C)cc1. The Kier molecular flexibility index (Phi) is 12.1. The average Bonchev–Trinajstić information content (AvgIpc) is 2.75. The smallest absolute Gasteiger partial charge is 0.0281 e. The first-order valence-corrected chi connectivity index (χ1v) is 9.95. The first-order valence-electron chi connectivity index (χ1n) is 9.95. The number of aryl methyl sites for hydroxylation is 3. The zero-order valence-electron chi connectivity index (χ0n) is 19.0. The maximum atomic E-state index is 3.91. The molecule has 0 saturated carbocycles. The maximum Gasteiger partial charge on any atom is 0.0281 e. The molecule has 0 aromatic heterocycles. The molecule has 30 heavy (non-hydrogen) atoms. The summed E-state index contributed by atoms with van der Waals surface area (Å²) in [5.41, 5.74) is 7.34. The van der Waals surface area contributed by atoms with Crippen molar-refractivity contribution in [3.05, 3.63) is 106 Å². The highest BCUT2D eigenvalue weighted by Gasteiger charge is 1.85. The van der Waals surface area contributed by atoms with Gasteiger partial charge in [-0.05, 0) is 37.5 Å². The van der Waals surface area contributed by atoms with E-state index in [0.29, 0.717) is 0 Å². The summed E-state index contributed by atoms with van der Waals surface area (Å²) in [6, 6.07) is 24.8. The quantitative estimate of drug-likeness (QED) is 0.475. The average molecular weight is 400 g/mol. The summed E-state index contributed by atoms with van der Waals surface area (Å²) in [6.45, 7) is 6.23. The Bertz CT molecular complexity index is 790. The van der Waals surface area contributed by atoms with E-state index >= 15 is 0 Å². The van der Waals surface area contributed by atoms with Crippen LogP contribution in [0.3, 0.4) is 0 Å². The van der Waals surface area contributed by atoms with Gasteiger partial charge in [0, 0.05) is 39.8 Å². The highest BCUT2D eigenvalue weighted by atomic mass is 14.6. The lowest BCUT2D eigenvalue weighted by molar-refractivity contribution is 1.44. The fourth-order valence-electron chi connectivity index (χ4n) is 2.40. The Labute approximate surface area is 182 Å². The van der Waals surface area contributed by atoms with Gasteiger partial charge in [-0.1, -0.05) is 89.5 Å². The maximum absolute atomic E-state index is 3.91. The predicted molar refractivity (Wildman–Crippen MR) is 134 cm³/mol. The van der Waals surface area contributed by atoms with Crippen molar-refractivity contribution in [3.8, 4) is 0 Å². The standard InChI is InChI=1S/3C9H11N/c3*1-8-3-5-9(6-4-8)7-10-2/h3*3-7H,1-2H3. The van der Waals surface area contributed by atoms with Crippen molar-refractivity contribution < 1.29 is 0 Å². The number of nitrogens with zero attached hydrogens (tertiary/aromatic N) is 3. The molecule has 0 fully saturated rings. The van der Waals surface area contributed by atoms with Crippen LogP contribution >= 0.6 is 0 Å². The van der Waals surface area contributed by atoms with E-state index in [-0.39, 0.29) is 0 Å². The van der Waals surface area contributed by atoms with E-state index in [9.17, 15) is 0 Å². The largest absolute Gasteiger partial charge is 0.296 e. The van der Waals surface area contributed by atoms with Gasteiger partial charge >= 0.3 is 0 Å². The van der Waals surface area contributed by atoms with E-state index in [1.54, 1.807) is 21.1 Å². The fourth-order valence-corrected chi connectivity index (χ4v) is 2.40. The van der Waals surface area contributed by atoms with Crippen molar-refractivity contribution in [2.45, 2.75) is 20.8 Å². The minimum absolute atomic E-state index is 1.16. The normalized spacial score (nSPS) is 10.6. The molecule has 3 aromatic carbocycles. The zero-order valence-corrected chi connectivity index (χ0v) is 19.0. The van der Waals surface area contributed by atoms with Crippen LogP contribution in [0.5, 0.6) is 0 Å². The Morgan fingerprint density at radius 2 is 0.600 bits per heavy atom. The van der Waals surface area contributed by atoms with E-state index < -0.39 is 0 Å². The van der Waals surface area contributed by atoms with Gasteiger partial charge in [0.1, 0.15) is 0 Å². The summed E-state index contributed by atoms with van der Waals surface area (Å²) in [7, 11) is 5.33. The second-order valence-corrected chi connectivity index (χ2v) is 6.89.